The summed E-state index contributed by atoms with van der Waals surface area (Å²) in [5.41, 5.74) is 13.7. The fourth-order valence-electron chi connectivity index (χ4n) is 3.94. The molecule has 0 radical (unpaired) electrons. The number of nitrogens with zero attached hydrogens (tertiary/aromatic N) is 1. The van der Waals surface area contributed by atoms with Gasteiger partial charge in [-0.1, -0.05) is 104 Å². The molecular weight excluding hydrogens is 553 g/mol. The van der Waals surface area contributed by atoms with Crippen molar-refractivity contribution in [3.63, 3.8) is 0 Å². The van der Waals surface area contributed by atoms with Crippen LogP contribution >= 0.6 is 9.69 Å². The van der Waals surface area contributed by atoms with E-state index in [0.717, 1.165) is 29.5 Å². The van der Waals surface area contributed by atoms with Gasteiger partial charge in [-0.3, -0.25) is 0 Å². The van der Waals surface area contributed by atoms with Gasteiger partial charge in [-0.15, -0.1) is 12.1 Å². The third-order valence-corrected chi connectivity index (χ3v) is 6.90. The van der Waals surface area contributed by atoms with E-state index in [4.69, 9.17) is 5.73 Å². The Hall–Kier alpha value is -1.56. The first kappa shape index (κ1) is 30.5. The number of halogens is 1. The SMILES string of the molecule is CCc1cccc(CC)c1CCS(=O)(=O)[N-]C(c1ccccc1)C([NH-])c1ccccc1.[CH3-].[Cl][Ru+3]. The maximum atomic E-state index is 13.1. The van der Waals surface area contributed by atoms with Crippen LogP contribution in [0.4, 0.5) is 0 Å². The fraction of sp³-hybridized carbons (Fsp3) is 0.296. The molecule has 0 heterocycles. The third kappa shape index (κ3) is 8.59. The molecule has 0 aliphatic rings. The Morgan fingerprint density at radius 1 is 0.824 bits per heavy atom. The first-order valence-electron chi connectivity index (χ1n) is 10.9. The summed E-state index contributed by atoms with van der Waals surface area (Å²) in [6, 6.07) is 23.2. The predicted octanol–water partition coefficient (Wildman–Crippen LogP) is 7.73. The molecule has 3 rings (SSSR count). The molecule has 7 heteroatoms. The van der Waals surface area contributed by atoms with E-state index in [0.29, 0.717) is 6.42 Å². The Morgan fingerprint density at radius 2 is 1.29 bits per heavy atom. The minimum atomic E-state index is -3.73. The van der Waals surface area contributed by atoms with Gasteiger partial charge >= 0.3 is 27.0 Å². The second-order valence-electron chi connectivity index (χ2n) is 7.65. The summed E-state index contributed by atoms with van der Waals surface area (Å²) in [7, 11) is 0.844. The number of rotatable bonds is 10. The van der Waals surface area contributed by atoms with Crippen LogP contribution < -0.4 is 0 Å². The summed E-state index contributed by atoms with van der Waals surface area (Å²) < 4.78 is 30.4. The van der Waals surface area contributed by atoms with Gasteiger partial charge in [-0.2, -0.15) is 0 Å². The second kappa shape index (κ2) is 15.4. The summed E-state index contributed by atoms with van der Waals surface area (Å²) in [6.45, 7) is 4.18. The minimum absolute atomic E-state index is 0. The molecular formula is C27H33ClN2O2RuS. The molecule has 0 fully saturated rings. The molecule has 3 aromatic carbocycles. The standard InChI is InChI=1S/C26H30N2O2S.CH3.ClH.Ru/c1-3-20-16-11-17-21(4-2)24(20)18-19-31(29,30)28-26(23-14-9-6-10-15-23)25(27)22-12-7-5-8-13-22;;;/h5-17,25-27H,3-4,18-19H2,1-2H3;1H3;1H;/q-2;-1;;+4/p-1. The molecule has 0 bridgehead atoms. The van der Waals surface area contributed by atoms with Gasteiger partial charge in [0.2, 0.25) is 0 Å². The predicted molar refractivity (Wildman–Crippen MR) is 141 cm³/mol. The van der Waals surface area contributed by atoms with Crippen molar-refractivity contribution in [2.24, 2.45) is 0 Å². The van der Waals surface area contributed by atoms with E-state index in [1.807, 2.05) is 84.0 Å². The zero-order valence-corrected chi connectivity index (χ0v) is 23.2. The van der Waals surface area contributed by atoms with Gasteiger partial charge in [0.1, 0.15) is 0 Å². The molecule has 0 aromatic heterocycles. The van der Waals surface area contributed by atoms with E-state index in [1.165, 1.54) is 11.1 Å². The summed E-state index contributed by atoms with van der Waals surface area (Å²) in [6.07, 6.45) is 2.18. The number of hydrogen-bond donors (Lipinski definition) is 0. The molecule has 2 unspecified atom stereocenters. The summed E-state index contributed by atoms with van der Waals surface area (Å²) >= 11 is 1.82. The van der Waals surface area contributed by atoms with Crippen LogP contribution in [0, 0.1) is 7.43 Å². The number of nitrogens with one attached hydrogen (secondary N) is 1. The molecule has 0 aliphatic carbocycles. The average Bonchev–Trinajstić information content (AvgIpc) is 2.87. The molecule has 0 spiro atoms. The number of benzene rings is 3. The summed E-state index contributed by atoms with van der Waals surface area (Å²) in [5.74, 6) is -0.0537. The molecule has 1 N–H and O–H groups in total. The van der Waals surface area contributed by atoms with Gasteiger partial charge in [0, 0.05) is 5.75 Å². The van der Waals surface area contributed by atoms with Crippen molar-refractivity contribution in [3.05, 3.63) is 125 Å². The van der Waals surface area contributed by atoms with Crippen LogP contribution in [0.3, 0.4) is 0 Å². The normalized spacial score (nSPS) is 12.6. The van der Waals surface area contributed by atoms with Crippen LogP contribution in [0.5, 0.6) is 0 Å². The van der Waals surface area contributed by atoms with E-state index >= 15 is 0 Å². The van der Waals surface area contributed by atoms with Crippen molar-refractivity contribution in [1.82, 2.24) is 0 Å². The van der Waals surface area contributed by atoms with Crippen molar-refractivity contribution in [3.8, 4) is 0 Å². The fourth-order valence-corrected chi connectivity index (χ4v) is 5.09. The number of hydrogen-bond acceptors (Lipinski definition) is 2. The van der Waals surface area contributed by atoms with Crippen LogP contribution in [0.1, 0.15) is 53.7 Å². The van der Waals surface area contributed by atoms with Gasteiger partial charge < -0.3 is 17.9 Å². The van der Waals surface area contributed by atoms with Crippen LogP contribution in [-0.2, 0) is 46.6 Å². The Labute approximate surface area is 220 Å². The Bertz CT molecular complexity index is 1060. The quantitative estimate of drug-likeness (QED) is 0.180. The molecule has 0 amide bonds. The monoisotopic (exact) mass is 586 g/mol. The van der Waals surface area contributed by atoms with Gasteiger partial charge in [0.15, 0.2) is 0 Å². The number of aryl methyl sites for hydroxylation is 2. The topological polar surface area (TPSA) is 72.0 Å². The van der Waals surface area contributed by atoms with E-state index in [2.05, 4.69) is 40.4 Å². The third-order valence-electron chi connectivity index (χ3n) is 5.63. The Balaban J connectivity index is 0.00000188. The zero-order chi connectivity index (χ0) is 24.3. The van der Waals surface area contributed by atoms with Gasteiger partial charge in [0.25, 0.3) is 0 Å². The van der Waals surface area contributed by atoms with Gasteiger partial charge in [-0.05, 0) is 36.0 Å². The first-order chi connectivity index (χ1) is 15.9. The zero-order valence-electron chi connectivity index (χ0n) is 19.9. The van der Waals surface area contributed by atoms with Crippen molar-refractivity contribution in [1.29, 1.82) is 0 Å². The van der Waals surface area contributed by atoms with Crippen molar-refractivity contribution >= 4 is 19.7 Å². The Morgan fingerprint density at radius 3 is 1.76 bits per heavy atom. The van der Waals surface area contributed by atoms with Gasteiger partial charge in [0.05, 0.1) is 10.0 Å². The first-order valence-corrected chi connectivity index (χ1v) is 14.8. The van der Waals surface area contributed by atoms with E-state index < -0.39 is 22.1 Å². The molecule has 0 saturated heterocycles. The van der Waals surface area contributed by atoms with E-state index in [1.54, 1.807) is 0 Å². The maximum absolute atomic E-state index is 13.1. The average molecular weight is 586 g/mol. The molecule has 4 nitrogen and oxygen atoms in total. The molecule has 3 aromatic rings. The van der Waals surface area contributed by atoms with E-state index in [-0.39, 0.29) is 13.2 Å². The van der Waals surface area contributed by atoms with Crippen molar-refractivity contribution in [2.75, 3.05) is 5.75 Å². The molecule has 2 atom stereocenters. The van der Waals surface area contributed by atoms with Crippen LogP contribution in [-0.4, -0.2) is 14.2 Å². The molecule has 0 aliphatic heterocycles. The molecule has 0 saturated carbocycles. The van der Waals surface area contributed by atoms with Crippen LogP contribution in [0.2, 0.25) is 0 Å². The Kier molecular flexibility index (Phi) is 13.8. The molecule has 34 heavy (non-hydrogen) atoms. The van der Waals surface area contributed by atoms with Crippen LogP contribution in [0.15, 0.2) is 78.9 Å². The number of sulfonamides is 1. The van der Waals surface area contributed by atoms with Crippen molar-refractivity contribution < 1.29 is 25.7 Å². The van der Waals surface area contributed by atoms with Crippen LogP contribution in [0.25, 0.3) is 10.5 Å². The second-order valence-corrected chi connectivity index (χ2v) is 9.43. The summed E-state index contributed by atoms with van der Waals surface area (Å²) in [5, 5.41) is 0. The molecule has 184 valence electrons. The van der Waals surface area contributed by atoms with Gasteiger partial charge in [-0.25, -0.2) is 8.42 Å². The van der Waals surface area contributed by atoms with Crippen molar-refractivity contribution in [2.45, 2.75) is 45.2 Å². The van der Waals surface area contributed by atoms with E-state index in [9.17, 15) is 8.42 Å². The summed E-state index contributed by atoms with van der Waals surface area (Å²) in [4.78, 5) is 0.